The minimum Gasteiger partial charge on any atom is -0.342 e. The van der Waals surface area contributed by atoms with E-state index in [1.54, 1.807) is 47.4 Å². The van der Waals surface area contributed by atoms with Gasteiger partial charge in [0, 0.05) is 35.5 Å². The molecule has 1 aromatic carbocycles. The van der Waals surface area contributed by atoms with Gasteiger partial charge in [0.2, 0.25) is 26.0 Å². The van der Waals surface area contributed by atoms with Crippen LogP contribution in [0.3, 0.4) is 0 Å². The second-order valence-corrected chi connectivity index (χ2v) is 13.6. The maximum absolute atomic E-state index is 13.0. The monoisotopic (exact) mass is 567 g/mol. The summed E-state index contributed by atoms with van der Waals surface area (Å²) in [5.74, 6) is -0.360. The van der Waals surface area contributed by atoms with Crippen LogP contribution >= 0.6 is 22.9 Å². The van der Waals surface area contributed by atoms with E-state index in [1.165, 1.54) is 23.5 Å². The van der Waals surface area contributed by atoms with E-state index < -0.39 is 20.0 Å². The van der Waals surface area contributed by atoms with Crippen molar-refractivity contribution in [3.8, 4) is 0 Å². The van der Waals surface area contributed by atoms with E-state index >= 15 is 0 Å². The molecule has 0 radical (unpaired) electrons. The van der Waals surface area contributed by atoms with Gasteiger partial charge in [-0.25, -0.2) is 26.7 Å². The van der Waals surface area contributed by atoms with E-state index in [0.717, 1.165) is 10.3 Å². The third-order valence-corrected chi connectivity index (χ3v) is 9.33. The summed E-state index contributed by atoms with van der Waals surface area (Å²) in [6.45, 7) is 1.28. The molecule has 0 bridgehead atoms. The molecule has 1 aromatic heterocycles. The average Bonchev–Trinajstić information content (AvgIpc) is 3.50. The summed E-state index contributed by atoms with van der Waals surface area (Å²) in [5, 5.41) is 6.46. The second kappa shape index (κ2) is 11.0. The fourth-order valence-electron chi connectivity index (χ4n) is 4.25. The van der Waals surface area contributed by atoms with Crippen molar-refractivity contribution in [3.63, 3.8) is 0 Å². The molecule has 2 aromatic rings. The van der Waals surface area contributed by atoms with Crippen molar-refractivity contribution in [3.05, 3.63) is 74.8 Å². The number of primary sulfonamides is 1. The summed E-state index contributed by atoms with van der Waals surface area (Å²) in [4.78, 5) is 15.6. The number of carbonyl (C=O) groups excluding carboxylic acids is 1. The first-order chi connectivity index (χ1) is 17.0. The average molecular weight is 568 g/mol. The number of halogens is 1. The molecule has 1 amide bonds. The number of nitrogens with zero attached hydrogens (tertiary/aromatic N) is 1. The van der Waals surface area contributed by atoms with Crippen molar-refractivity contribution in [1.82, 2.24) is 9.62 Å². The lowest BCUT2D eigenvalue weighted by Crippen LogP contribution is -2.35. The summed E-state index contributed by atoms with van der Waals surface area (Å²) in [6, 6.07) is 9.95. The first-order valence-electron chi connectivity index (χ1n) is 11.2. The number of likely N-dealkylation sites (tertiary alicyclic amines) is 1. The second-order valence-electron chi connectivity index (χ2n) is 8.68. The fourth-order valence-corrected chi connectivity index (χ4v) is 6.95. The molecule has 12 heteroatoms. The fraction of sp³-hybridized carbons (Fsp3) is 0.292. The number of hydrogen-bond acceptors (Lipinski definition) is 6. The minimum atomic E-state index is -3.87. The van der Waals surface area contributed by atoms with Crippen molar-refractivity contribution < 1.29 is 21.6 Å². The largest absolute Gasteiger partial charge is 0.342 e. The normalized spacial score (nSPS) is 20.7. The van der Waals surface area contributed by atoms with E-state index in [2.05, 4.69) is 4.72 Å². The van der Waals surface area contributed by atoms with Crippen molar-refractivity contribution in [1.29, 1.82) is 0 Å². The van der Waals surface area contributed by atoms with Gasteiger partial charge in [0.1, 0.15) is 0 Å². The maximum Gasteiger partial charge on any atom is 0.238 e. The van der Waals surface area contributed by atoms with Gasteiger partial charge in [-0.15, -0.1) is 11.3 Å². The molecule has 8 nitrogen and oxygen atoms in total. The van der Waals surface area contributed by atoms with Gasteiger partial charge in [-0.3, -0.25) is 4.79 Å². The molecule has 2 heterocycles. The number of sulfonamides is 2. The Morgan fingerprint density at radius 2 is 1.97 bits per heavy atom. The van der Waals surface area contributed by atoms with Gasteiger partial charge in [-0.05, 0) is 48.6 Å². The van der Waals surface area contributed by atoms with Crippen molar-refractivity contribution >= 4 is 60.5 Å². The lowest BCUT2D eigenvalue weighted by atomic mass is 9.92. The van der Waals surface area contributed by atoms with Crippen LogP contribution in [0.4, 0.5) is 0 Å². The highest BCUT2D eigenvalue weighted by Crippen LogP contribution is 2.30. The third kappa shape index (κ3) is 6.72. The lowest BCUT2D eigenvalue weighted by Gasteiger charge is -2.23. The summed E-state index contributed by atoms with van der Waals surface area (Å²) >= 11 is 7.15. The maximum atomic E-state index is 13.0. The minimum absolute atomic E-state index is 0.0219. The van der Waals surface area contributed by atoms with Crippen LogP contribution < -0.4 is 9.86 Å². The zero-order chi connectivity index (χ0) is 25.9. The standard InChI is InChI=1S/C24H26ClN3O5S3/c25-23-10-9-20(34-23)12-14-35(30,31)27-15-17-11-13-28(16-17)24(29)19-7-5-18(6-8-19)21-3-1-2-4-22(21)36(26,32)33/h1-7,9-10,12,14,17,19,27H,8,11,13,15-16H2,(H2,26,32,33)/b14-12+/t17-,19?/m0/s1. The number of benzene rings is 1. The molecular weight excluding hydrogens is 542 g/mol. The number of thiophene rings is 1. The lowest BCUT2D eigenvalue weighted by molar-refractivity contribution is -0.133. The zero-order valence-corrected chi connectivity index (χ0v) is 22.4. The highest BCUT2D eigenvalue weighted by atomic mass is 35.5. The van der Waals surface area contributed by atoms with Gasteiger partial charge in [-0.2, -0.15) is 0 Å². The molecular formula is C24H26ClN3O5S3. The Morgan fingerprint density at radius 3 is 2.64 bits per heavy atom. The number of carbonyl (C=O) groups is 1. The number of allylic oxidation sites excluding steroid dienone is 3. The summed E-state index contributed by atoms with van der Waals surface area (Å²) in [5.41, 5.74) is 1.21. The Labute approximate surface area is 220 Å². The van der Waals surface area contributed by atoms with Gasteiger partial charge in [0.25, 0.3) is 0 Å². The predicted octanol–water partition coefficient (Wildman–Crippen LogP) is 3.45. The summed E-state index contributed by atoms with van der Waals surface area (Å²) in [7, 11) is -7.48. The molecule has 0 spiro atoms. The molecule has 36 heavy (non-hydrogen) atoms. The Bertz CT molecular complexity index is 1440. The topological polar surface area (TPSA) is 127 Å². The highest BCUT2D eigenvalue weighted by molar-refractivity contribution is 7.92. The number of nitrogens with two attached hydrogens (primary N) is 1. The van der Waals surface area contributed by atoms with Gasteiger partial charge in [0.05, 0.1) is 15.1 Å². The van der Waals surface area contributed by atoms with Crippen LogP contribution in [0.15, 0.2) is 64.9 Å². The number of nitrogens with one attached hydrogen (secondary N) is 1. The van der Waals surface area contributed by atoms with Crippen LogP contribution in [0.25, 0.3) is 11.6 Å². The molecule has 3 N–H and O–H groups in total. The molecule has 1 saturated heterocycles. The van der Waals surface area contributed by atoms with Gasteiger partial charge in [0.15, 0.2) is 0 Å². The van der Waals surface area contributed by atoms with E-state index in [-0.39, 0.29) is 29.2 Å². The Morgan fingerprint density at radius 1 is 1.19 bits per heavy atom. The van der Waals surface area contributed by atoms with Gasteiger partial charge < -0.3 is 4.90 Å². The molecule has 1 unspecified atom stereocenters. The summed E-state index contributed by atoms with van der Waals surface area (Å²) in [6.07, 6.45) is 8.04. The van der Waals surface area contributed by atoms with Crippen LogP contribution in [-0.2, 0) is 24.8 Å². The molecule has 0 saturated carbocycles. The SMILES string of the molecule is NS(=O)(=O)c1ccccc1C1=CCC(C(=O)N2CC[C@@H](CNS(=O)(=O)/C=C/c3ccc(Cl)s3)C2)C=C1. The third-order valence-electron chi connectivity index (χ3n) is 6.10. The summed E-state index contributed by atoms with van der Waals surface area (Å²) < 4.78 is 51.6. The van der Waals surface area contributed by atoms with E-state index in [1.807, 2.05) is 6.08 Å². The van der Waals surface area contributed by atoms with Crippen molar-refractivity contribution in [2.24, 2.45) is 17.0 Å². The van der Waals surface area contributed by atoms with Gasteiger partial charge in [-0.1, -0.05) is 48.0 Å². The number of amides is 1. The number of rotatable bonds is 8. The Kier molecular flexibility index (Phi) is 8.18. The molecule has 4 rings (SSSR count). The molecule has 1 aliphatic carbocycles. The first-order valence-corrected chi connectivity index (χ1v) is 15.5. The highest BCUT2D eigenvalue weighted by Gasteiger charge is 2.31. The Hall–Kier alpha value is -2.28. The molecule has 2 aliphatic rings. The smallest absolute Gasteiger partial charge is 0.238 e. The quantitative estimate of drug-likeness (QED) is 0.505. The zero-order valence-electron chi connectivity index (χ0n) is 19.2. The number of hydrogen-bond donors (Lipinski definition) is 2. The van der Waals surface area contributed by atoms with Crippen LogP contribution in [0.5, 0.6) is 0 Å². The van der Waals surface area contributed by atoms with E-state index in [4.69, 9.17) is 16.7 Å². The van der Waals surface area contributed by atoms with E-state index in [0.29, 0.717) is 41.4 Å². The van der Waals surface area contributed by atoms with Crippen LogP contribution in [0.2, 0.25) is 4.34 Å². The predicted molar refractivity (Wildman–Crippen MR) is 143 cm³/mol. The van der Waals surface area contributed by atoms with Crippen molar-refractivity contribution in [2.45, 2.75) is 17.7 Å². The molecule has 1 fully saturated rings. The van der Waals surface area contributed by atoms with Gasteiger partial charge >= 0.3 is 0 Å². The van der Waals surface area contributed by atoms with Crippen LogP contribution in [-0.4, -0.2) is 47.3 Å². The van der Waals surface area contributed by atoms with Crippen LogP contribution in [0, 0.1) is 11.8 Å². The molecule has 2 atom stereocenters. The molecule has 192 valence electrons. The molecule has 1 aliphatic heterocycles. The van der Waals surface area contributed by atoms with Crippen LogP contribution in [0.1, 0.15) is 23.3 Å². The Balaban J connectivity index is 1.30. The first kappa shape index (κ1) is 26.8. The van der Waals surface area contributed by atoms with Crippen molar-refractivity contribution in [2.75, 3.05) is 19.6 Å². The van der Waals surface area contributed by atoms with E-state index in [9.17, 15) is 21.6 Å².